The molecule has 0 saturated heterocycles. The van der Waals surface area contributed by atoms with Crippen molar-refractivity contribution >= 4 is 33.0 Å². The second-order valence-electron chi connectivity index (χ2n) is 4.40. The van der Waals surface area contributed by atoms with Gasteiger partial charge >= 0.3 is 5.97 Å². The van der Waals surface area contributed by atoms with Gasteiger partial charge in [0.15, 0.2) is 0 Å². The van der Waals surface area contributed by atoms with Gasteiger partial charge in [-0.2, -0.15) is 0 Å². The summed E-state index contributed by atoms with van der Waals surface area (Å²) in [5, 5.41) is 18.3. The average Bonchev–Trinajstić information content (AvgIpc) is 2.82. The largest absolute Gasteiger partial charge is 0.508 e. The predicted octanol–water partition coefficient (Wildman–Crippen LogP) is 2.19. The van der Waals surface area contributed by atoms with Crippen LogP contribution in [0.5, 0.6) is 5.75 Å². The highest BCUT2D eigenvalue weighted by Gasteiger charge is 2.18. The lowest BCUT2D eigenvalue weighted by molar-refractivity contribution is -0.136. The monoisotopic (exact) mass is 327 g/mol. The number of nitrogens with one attached hydrogen (secondary N) is 1. The van der Waals surface area contributed by atoms with Crippen LogP contribution in [0.2, 0.25) is 0 Å². The first-order valence-corrected chi connectivity index (χ1v) is 8.21. The molecule has 0 unspecified atom stereocenters. The molecule has 2 rings (SSSR count). The number of aromatic hydroxyl groups is 1. The highest BCUT2D eigenvalue weighted by Crippen LogP contribution is 2.26. The summed E-state index contributed by atoms with van der Waals surface area (Å²) in [5.74, 6) is -1.02. The number of anilines is 1. The van der Waals surface area contributed by atoms with E-state index in [2.05, 4.69) is 4.72 Å². The number of phenols is 1. The fourth-order valence-corrected chi connectivity index (χ4v) is 4.02. The van der Waals surface area contributed by atoms with Gasteiger partial charge in [-0.25, -0.2) is 8.42 Å². The van der Waals surface area contributed by atoms with E-state index >= 15 is 0 Å². The van der Waals surface area contributed by atoms with Crippen LogP contribution < -0.4 is 4.72 Å². The molecule has 2 aromatic rings. The SMILES string of the molecule is Cc1ccc(NS(=O)(=O)c2ccc(CC(=O)O)s2)cc1O. The van der Waals surface area contributed by atoms with E-state index in [1.807, 2.05) is 0 Å². The first-order chi connectivity index (χ1) is 9.78. The minimum Gasteiger partial charge on any atom is -0.508 e. The minimum atomic E-state index is -3.79. The van der Waals surface area contributed by atoms with E-state index in [-0.39, 0.29) is 22.1 Å². The van der Waals surface area contributed by atoms with Crippen molar-refractivity contribution in [3.05, 3.63) is 40.8 Å². The lowest BCUT2D eigenvalue weighted by Gasteiger charge is -2.07. The number of carboxylic acid groups (broad SMARTS) is 1. The molecular formula is C13H13NO5S2. The molecule has 0 aliphatic rings. The van der Waals surface area contributed by atoms with Crippen molar-refractivity contribution in [1.29, 1.82) is 0 Å². The zero-order valence-electron chi connectivity index (χ0n) is 11.0. The van der Waals surface area contributed by atoms with Gasteiger partial charge in [-0.15, -0.1) is 11.3 Å². The van der Waals surface area contributed by atoms with Crippen LogP contribution in [-0.4, -0.2) is 24.6 Å². The summed E-state index contributed by atoms with van der Waals surface area (Å²) in [7, 11) is -3.79. The summed E-state index contributed by atoms with van der Waals surface area (Å²) < 4.78 is 26.7. The zero-order valence-corrected chi connectivity index (χ0v) is 12.7. The Hall–Kier alpha value is -2.06. The van der Waals surface area contributed by atoms with Crippen LogP contribution in [0.1, 0.15) is 10.4 Å². The lowest BCUT2D eigenvalue weighted by atomic mass is 10.2. The zero-order chi connectivity index (χ0) is 15.6. The molecule has 0 atom stereocenters. The number of rotatable bonds is 5. The molecule has 112 valence electrons. The van der Waals surface area contributed by atoms with E-state index in [4.69, 9.17) is 5.11 Å². The molecule has 8 heteroatoms. The van der Waals surface area contributed by atoms with Gasteiger partial charge in [0, 0.05) is 10.9 Å². The quantitative estimate of drug-likeness (QED) is 0.781. The predicted molar refractivity (Wildman–Crippen MR) is 79.3 cm³/mol. The number of benzene rings is 1. The summed E-state index contributed by atoms with van der Waals surface area (Å²) in [6, 6.07) is 7.29. The standard InChI is InChI=1S/C13H13NO5S2/c1-8-2-3-9(6-11(8)15)14-21(18,19)13-5-4-10(20-13)7-12(16)17/h2-6,14-15H,7H2,1H3,(H,16,17). The maximum absolute atomic E-state index is 12.2. The van der Waals surface area contributed by atoms with Crippen molar-refractivity contribution in [2.75, 3.05) is 4.72 Å². The van der Waals surface area contributed by atoms with Crippen molar-refractivity contribution in [3.8, 4) is 5.75 Å². The number of carboxylic acids is 1. The van der Waals surface area contributed by atoms with Crippen molar-refractivity contribution in [2.45, 2.75) is 17.6 Å². The van der Waals surface area contributed by atoms with Gasteiger partial charge in [-0.05, 0) is 30.7 Å². The molecule has 3 N–H and O–H groups in total. The number of hydrogen-bond acceptors (Lipinski definition) is 5. The van der Waals surface area contributed by atoms with Crippen LogP contribution in [0.25, 0.3) is 0 Å². The van der Waals surface area contributed by atoms with Crippen molar-refractivity contribution in [1.82, 2.24) is 0 Å². The Labute approximate surface area is 125 Å². The molecule has 0 fully saturated rings. The molecule has 0 aliphatic carbocycles. The topological polar surface area (TPSA) is 104 Å². The summed E-state index contributed by atoms with van der Waals surface area (Å²) in [6.07, 6.45) is -0.217. The van der Waals surface area contributed by atoms with Gasteiger partial charge in [0.1, 0.15) is 9.96 Å². The highest BCUT2D eigenvalue weighted by molar-refractivity contribution is 7.94. The van der Waals surface area contributed by atoms with Crippen LogP contribution in [0.3, 0.4) is 0 Å². The molecule has 0 aliphatic heterocycles. The number of phenolic OH excluding ortho intramolecular Hbond substituents is 1. The Morgan fingerprint density at radius 3 is 2.62 bits per heavy atom. The average molecular weight is 327 g/mol. The first kappa shape index (κ1) is 15.3. The van der Waals surface area contributed by atoms with Gasteiger partial charge in [0.2, 0.25) is 0 Å². The van der Waals surface area contributed by atoms with Crippen LogP contribution in [-0.2, 0) is 21.2 Å². The molecule has 6 nitrogen and oxygen atoms in total. The summed E-state index contributed by atoms with van der Waals surface area (Å²) >= 11 is 0.901. The molecule has 0 spiro atoms. The molecule has 0 radical (unpaired) electrons. The van der Waals surface area contributed by atoms with E-state index in [0.29, 0.717) is 10.4 Å². The number of sulfonamides is 1. The lowest BCUT2D eigenvalue weighted by Crippen LogP contribution is -2.11. The number of thiophene rings is 1. The number of hydrogen-bond donors (Lipinski definition) is 3. The Kier molecular flexibility index (Phi) is 4.19. The summed E-state index contributed by atoms with van der Waals surface area (Å²) in [6.45, 7) is 1.70. The number of aliphatic carboxylic acids is 1. The summed E-state index contributed by atoms with van der Waals surface area (Å²) in [4.78, 5) is 11.1. The van der Waals surface area contributed by atoms with Gasteiger partial charge in [0.25, 0.3) is 10.0 Å². The molecular weight excluding hydrogens is 314 g/mol. The third-order valence-electron chi connectivity index (χ3n) is 2.69. The van der Waals surface area contributed by atoms with Crippen molar-refractivity contribution < 1.29 is 23.4 Å². The fourth-order valence-electron chi connectivity index (χ4n) is 1.63. The van der Waals surface area contributed by atoms with Gasteiger partial charge in [0.05, 0.1) is 12.1 Å². The smallest absolute Gasteiger partial charge is 0.308 e. The van der Waals surface area contributed by atoms with E-state index in [1.54, 1.807) is 19.1 Å². The molecule has 21 heavy (non-hydrogen) atoms. The van der Waals surface area contributed by atoms with Crippen LogP contribution in [0, 0.1) is 6.92 Å². The van der Waals surface area contributed by atoms with Crippen LogP contribution in [0.15, 0.2) is 34.5 Å². The maximum Gasteiger partial charge on any atom is 0.308 e. The Bertz CT molecular complexity index is 780. The third-order valence-corrected chi connectivity index (χ3v) is 5.65. The molecule has 1 aromatic carbocycles. The molecule has 1 aromatic heterocycles. The molecule has 0 saturated carbocycles. The van der Waals surface area contributed by atoms with Gasteiger partial charge in [-0.1, -0.05) is 6.07 Å². The van der Waals surface area contributed by atoms with Crippen molar-refractivity contribution in [2.24, 2.45) is 0 Å². The number of carbonyl (C=O) groups is 1. The molecule has 1 heterocycles. The second kappa shape index (κ2) is 5.74. The maximum atomic E-state index is 12.2. The minimum absolute atomic E-state index is 0.00653. The van der Waals surface area contributed by atoms with E-state index in [9.17, 15) is 18.3 Å². The summed E-state index contributed by atoms with van der Waals surface area (Å²) in [5.41, 5.74) is 0.879. The Morgan fingerprint density at radius 2 is 2.00 bits per heavy atom. The Morgan fingerprint density at radius 1 is 1.29 bits per heavy atom. The normalized spacial score (nSPS) is 11.3. The van der Waals surface area contributed by atoms with Gasteiger partial charge < -0.3 is 10.2 Å². The first-order valence-electron chi connectivity index (χ1n) is 5.91. The fraction of sp³-hybridized carbons (Fsp3) is 0.154. The van der Waals surface area contributed by atoms with E-state index in [0.717, 1.165) is 11.3 Å². The van der Waals surface area contributed by atoms with E-state index < -0.39 is 16.0 Å². The third kappa shape index (κ3) is 3.73. The molecule has 0 bridgehead atoms. The highest BCUT2D eigenvalue weighted by atomic mass is 32.2. The Balaban J connectivity index is 2.23. The second-order valence-corrected chi connectivity index (χ2v) is 7.48. The number of aryl methyl sites for hydroxylation is 1. The van der Waals surface area contributed by atoms with Gasteiger partial charge in [-0.3, -0.25) is 9.52 Å². The van der Waals surface area contributed by atoms with Crippen LogP contribution >= 0.6 is 11.3 Å². The van der Waals surface area contributed by atoms with Crippen molar-refractivity contribution in [3.63, 3.8) is 0 Å². The van der Waals surface area contributed by atoms with Crippen LogP contribution in [0.4, 0.5) is 5.69 Å². The molecule has 0 amide bonds. The van der Waals surface area contributed by atoms with E-state index in [1.165, 1.54) is 18.2 Å².